The molecule has 4 fully saturated rings. The normalized spacial score (nSPS) is 26.9. The smallest absolute Gasteiger partial charge is 0.438 e. The predicted molar refractivity (Wildman–Crippen MR) is 360 cm³/mol. The van der Waals surface area contributed by atoms with Crippen molar-refractivity contribution >= 4 is 47.2 Å². The molecule has 10 rings (SSSR count). The van der Waals surface area contributed by atoms with Crippen molar-refractivity contribution in [2.75, 3.05) is 39.3 Å². The number of non-ortho nitro benzene ring substituents is 2. The van der Waals surface area contributed by atoms with Crippen LogP contribution in [0.3, 0.4) is 0 Å². The Kier molecular flexibility index (Phi) is 21.7. The molecule has 24 heteroatoms. The van der Waals surface area contributed by atoms with Crippen LogP contribution in [0, 0.1) is 53.7 Å². The number of rotatable bonds is 24. The van der Waals surface area contributed by atoms with Crippen molar-refractivity contribution in [2.24, 2.45) is 45.0 Å². The monoisotopic (exact) mass is 1340 g/mol. The Hall–Kier alpha value is -9.30. The number of hydrogen-bond acceptors (Lipinski definition) is 18. The standard InChI is InChI=1S/C74H86N8O16/c1-5-71(67(85)86)61(55-29-19-31-57(45-55)81(93)94)73(69(89)90,37-43-77-39-33-53(34-40-77)59(49-21-11-7-12-22-49)50-23-13-8-14-24-50)47(3)79(65(71)75)97-63(83)64(84)98-80-48(4)74(70(91)92,62(72(6-2,66(80)76)68(87)88)56-30-20-32-58(46-56)82(95)96)38-44-78-41-35-54(36-42-78)60(51-25-15-9-16-26-51)52-27-17-10-18-28-52/h7-32,45-48,53-54,59-62,65-66H,5-6,33-44,75-76H2,1-4H3,(H,85,86)(H,87,88)(H,89,90)(H,91,92). The van der Waals surface area contributed by atoms with Crippen molar-refractivity contribution in [3.63, 3.8) is 0 Å². The summed E-state index contributed by atoms with van der Waals surface area (Å²) in [6.45, 7) is 7.57. The van der Waals surface area contributed by atoms with Gasteiger partial charge in [0.05, 0.1) is 32.8 Å². The zero-order chi connectivity index (χ0) is 70.4. The van der Waals surface area contributed by atoms with Gasteiger partial charge in [-0.15, -0.1) is 10.1 Å². The average Bonchev–Trinajstić information content (AvgIpc) is 0.702. The fourth-order valence-electron chi connectivity index (χ4n) is 17.5. The van der Waals surface area contributed by atoms with Gasteiger partial charge in [-0.1, -0.05) is 159 Å². The molecule has 4 saturated heterocycles. The molecule has 10 unspecified atom stereocenters. The van der Waals surface area contributed by atoms with Crippen LogP contribution < -0.4 is 11.5 Å². The van der Waals surface area contributed by atoms with Crippen molar-refractivity contribution < 1.29 is 68.7 Å². The number of carboxylic acid groups (broad SMARTS) is 4. The van der Waals surface area contributed by atoms with E-state index in [-0.39, 0.29) is 60.7 Å². The van der Waals surface area contributed by atoms with Crippen molar-refractivity contribution in [1.29, 1.82) is 0 Å². The van der Waals surface area contributed by atoms with Crippen molar-refractivity contribution in [1.82, 2.24) is 19.9 Å². The Labute approximate surface area is 568 Å². The molecule has 98 heavy (non-hydrogen) atoms. The summed E-state index contributed by atoms with van der Waals surface area (Å²) in [6, 6.07) is 47.2. The zero-order valence-corrected chi connectivity index (χ0v) is 55.4. The molecule has 24 nitrogen and oxygen atoms in total. The molecule has 4 heterocycles. The van der Waals surface area contributed by atoms with E-state index >= 15 is 0 Å². The Morgan fingerprint density at radius 1 is 0.469 bits per heavy atom. The van der Waals surface area contributed by atoms with Crippen LogP contribution in [0.25, 0.3) is 0 Å². The first kappa shape index (κ1) is 71.5. The van der Waals surface area contributed by atoms with Gasteiger partial charge in [0.2, 0.25) is 0 Å². The molecule has 518 valence electrons. The number of nitrogens with two attached hydrogens (primary N) is 2. The van der Waals surface area contributed by atoms with Crippen LogP contribution in [0.1, 0.15) is 136 Å². The first-order chi connectivity index (χ1) is 46.9. The topological polar surface area (TPSA) is 353 Å². The van der Waals surface area contributed by atoms with E-state index in [4.69, 9.17) is 21.1 Å². The summed E-state index contributed by atoms with van der Waals surface area (Å²) in [6.07, 6.45) is -2.89. The largest absolute Gasteiger partial charge is 0.481 e. The predicted octanol–water partition coefficient (Wildman–Crippen LogP) is 10.2. The number of likely N-dealkylation sites (tertiary alicyclic amines) is 2. The van der Waals surface area contributed by atoms with Gasteiger partial charge in [0, 0.05) is 47.9 Å². The SMILES string of the molecule is CCC1(C(=O)O)C(N)N(OC(=O)C(=O)ON2C(C)C(CCN3CCC(C(c4ccccc4)c4ccccc4)CC3)(C(=O)O)C(c3cccc([N+](=O)[O-])c3)C(CC)(C(=O)O)C2N)C(C)C(CCN2CCC(C(c3ccccc3)c3ccccc3)CC2)(C(=O)O)C1c1cccc([N+](=O)[O-])c1. The van der Waals surface area contributed by atoms with Crippen LogP contribution in [-0.4, -0.2) is 150 Å². The first-order valence-electron chi connectivity index (χ1n) is 33.5. The highest BCUT2D eigenvalue weighted by Crippen LogP contribution is 2.63. The lowest BCUT2D eigenvalue weighted by atomic mass is 9.50. The zero-order valence-electron chi connectivity index (χ0n) is 55.4. The van der Waals surface area contributed by atoms with Gasteiger partial charge >= 0.3 is 35.8 Å². The fourth-order valence-corrected chi connectivity index (χ4v) is 17.5. The summed E-state index contributed by atoms with van der Waals surface area (Å²) in [5, 5.41) is 73.5. The van der Waals surface area contributed by atoms with Crippen molar-refractivity contribution in [3.05, 3.63) is 223 Å². The Morgan fingerprint density at radius 3 is 1.01 bits per heavy atom. The minimum Gasteiger partial charge on any atom is -0.481 e. The number of carbonyl (C=O) groups is 6. The molecule has 6 aromatic carbocycles. The maximum absolute atomic E-state index is 14.9. The number of aliphatic carboxylic acids is 4. The second kappa shape index (κ2) is 29.8. The minimum absolute atomic E-state index is 0.0337. The first-order valence-corrected chi connectivity index (χ1v) is 33.5. The van der Waals surface area contributed by atoms with Gasteiger partial charge in [0.15, 0.2) is 0 Å². The highest BCUT2D eigenvalue weighted by Gasteiger charge is 2.72. The maximum atomic E-state index is 14.9. The van der Waals surface area contributed by atoms with Crippen LogP contribution in [0.4, 0.5) is 11.4 Å². The Bertz CT molecular complexity index is 3530. The summed E-state index contributed by atoms with van der Waals surface area (Å²) in [4.78, 5) is 128. The van der Waals surface area contributed by atoms with Gasteiger partial charge < -0.3 is 51.4 Å². The van der Waals surface area contributed by atoms with E-state index in [9.17, 15) is 69.4 Å². The summed E-state index contributed by atoms with van der Waals surface area (Å²) >= 11 is 0. The van der Waals surface area contributed by atoms with Crippen LogP contribution in [0.15, 0.2) is 170 Å². The Balaban J connectivity index is 0.978. The number of hydrogen-bond donors (Lipinski definition) is 6. The van der Waals surface area contributed by atoms with E-state index in [1.165, 1.54) is 64.1 Å². The minimum atomic E-state index is -2.47. The van der Waals surface area contributed by atoms with Crippen LogP contribution >= 0.6 is 0 Å². The van der Waals surface area contributed by atoms with E-state index < -0.39 is 128 Å². The van der Waals surface area contributed by atoms with Crippen molar-refractivity contribution in [3.8, 4) is 0 Å². The summed E-state index contributed by atoms with van der Waals surface area (Å²) < 4.78 is 0. The van der Waals surface area contributed by atoms with Gasteiger partial charge in [-0.05, 0) is 150 Å². The molecule has 4 aliphatic rings. The molecule has 6 aromatic rings. The van der Waals surface area contributed by atoms with Gasteiger partial charge in [-0.2, -0.15) is 0 Å². The second-order valence-corrected chi connectivity index (χ2v) is 26.8. The third-order valence-electron chi connectivity index (χ3n) is 22.6. The molecular weight excluding hydrogens is 1260 g/mol. The van der Waals surface area contributed by atoms with E-state index in [1.54, 1.807) is 0 Å². The van der Waals surface area contributed by atoms with Crippen molar-refractivity contribution in [2.45, 2.75) is 127 Å². The van der Waals surface area contributed by atoms with E-state index in [1.807, 2.05) is 72.8 Å². The van der Waals surface area contributed by atoms with E-state index in [2.05, 4.69) is 58.3 Å². The van der Waals surface area contributed by atoms with E-state index in [0.29, 0.717) is 62.0 Å². The van der Waals surface area contributed by atoms with Gasteiger partial charge in [0.1, 0.15) is 23.2 Å². The molecule has 10 atom stereocenters. The van der Waals surface area contributed by atoms with Gasteiger partial charge in [0.25, 0.3) is 11.4 Å². The molecule has 0 aliphatic carbocycles. The average molecular weight is 1340 g/mol. The number of nitro groups is 2. The number of carboxylic acids is 4. The molecule has 0 radical (unpaired) electrons. The molecule has 0 amide bonds. The highest BCUT2D eigenvalue weighted by atomic mass is 16.8. The van der Waals surface area contributed by atoms with Crippen LogP contribution in [0.2, 0.25) is 0 Å². The summed E-state index contributed by atoms with van der Waals surface area (Å²) in [5.74, 6) is -13.3. The highest BCUT2D eigenvalue weighted by molar-refractivity contribution is 6.29. The van der Waals surface area contributed by atoms with Crippen LogP contribution in [-0.2, 0) is 38.4 Å². The molecule has 0 bridgehead atoms. The molecular formula is C74H86N8O16. The lowest BCUT2D eigenvalue weighted by Gasteiger charge is -2.60. The number of nitrogens with zero attached hydrogens (tertiary/aromatic N) is 6. The van der Waals surface area contributed by atoms with E-state index in [0.717, 1.165) is 34.4 Å². The third kappa shape index (κ3) is 13.1. The molecule has 0 spiro atoms. The quantitative estimate of drug-likeness (QED) is 0.0186. The number of benzene rings is 6. The number of piperidine rings is 4. The number of hydroxylamine groups is 4. The lowest BCUT2D eigenvalue weighted by Crippen LogP contribution is -2.74. The van der Waals surface area contributed by atoms with Crippen LogP contribution in [0.5, 0.6) is 0 Å². The molecule has 0 saturated carbocycles. The molecule has 4 aliphatic heterocycles. The Morgan fingerprint density at radius 2 is 0.755 bits per heavy atom. The maximum Gasteiger partial charge on any atom is 0.438 e. The van der Waals surface area contributed by atoms with Gasteiger partial charge in [-0.3, -0.25) is 39.4 Å². The summed E-state index contributed by atoms with van der Waals surface area (Å²) in [5.41, 5.74) is 7.97. The number of carbonyl (C=O) groups excluding carboxylic acids is 2. The third-order valence-corrected chi connectivity index (χ3v) is 22.6. The molecule has 8 N–H and O–H groups in total. The second-order valence-electron chi connectivity index (χ2n) is 26.8. The number of nitro benzene ring substituents is 2. The molecule has 0 aromatic heterocycles. The fraction of sp³-hybridized carbons (Fsp3) is 0.432. The van der Waals surface area contributed by atoms with Gasteiger partial charge in [-0.25, -0.2) is 9.59 Å². The lowest BCUT2D eigenvalue weighted by molar-refractivity contribution is -0.385. The summed E-state index contributed by atoms with van der Waals surface area (Å²) in [7, 11) is 0.